The summed E-state index contributed by atoms with van der Waals surface area (Å²) in [5, 5.41) is 3.45. The Hall–Kier alpha value is -0.480. The first-order valence-electron chi connectivity index (χ1n) is 7.95. The van der Waals surface area contributed by atoms with Crippen LogP contribution in [0.3, 0.4) is 0 Å². The van der Waals surface area contributed by atoms with Crippen molar-refractivity contribution >= 4 is 19.3 Å². The van der Waals surface area contributed by atoms with Crippen LogP contribution in [0.1, 0.15) is 31.7 Å². The molecule has 0 aliphatic heterocycles. The molecule has 4 atom stereocenters. The number of nitrogens with one attached hydrogen (secondary N) is 2. The van der Waals surface area contributed by atoms with E-state index in [2.05, 4.69) is 26.2 Å². The maximum Gasteiger partial charge on any atom is 0.240 e. The Kier molecular flexibility index (Phi) is 6.39. The predicted molar refractivity (Wildman–Crippen MR) is 94.7 cm³/mol. The van der Waals surface area contributed by atoms with E-state index in [0.717, 1.165) is 5.56 Å². The normalized spacial score (nSPS) is 23.6. The van der Waals surface area contributed by atoms with Crippen LogP contribution in [0.15, 0.2) is 29.2 Å². The molecule has 4 nitrogen and oxygen atoms in total. The molecule has 1 aliphatic carbocycles. The largest absolute Gasteiger partial charge is 0.313 e. The van der Waals surface area contributed by atoms with E-state index >= 15 is 0 Å². The van der Waals surface area contributed by atoms with Gasteiger partial charge in [0.1, 0.15) is 0 Å². The fourth-order valence-electron chi connectivity index (χ4n) is 3.08. The average Bonchev–Trinajstić information content (AvgIpc) is 2.90. The van der Waals surface area contributed by atoms with Crippen LogP contribution in [0.25, 0.3) is 0 Å². The Morgan fingerprint density at radius 2 is 1.91 bits per heavy atom. The summed E-state index contributed by atoms with van der Waals surface area (Å²) in [7, 11) is -0.454. The lowest BCUT2D eigenvalue weighted by atomic mass is 9.99. The maximum absolute atomic E-state index is 12.2. The van der Waals surface area contributed by atoms with Crippen LogP contribution in [0.4, 0.5) is 0 Å². The lowest BCUT2D eigenvalue weighted by Crippen LogP contribution is -2.40. The van der Waals surface area contributed by atoms with Crippen molar-refractivity contribution in [3.63, 3.8) is 0 Å². The van der Waals surface area contributed by atoms with Gasteiger partial charge in [-0.2, -0.15) is 0 Å². The van der Waals surface area contributed by atoms with Gasteiger partial charge in [-0.25, -0.2) is 13.1 Å². The second-order valence-electron chi connectivity index (χ2n) is 6.21. The van der Waals surface area contributed by atoms with Gasteiger partial charge in [0.25, 0.3) is 0 Å². The van der Waals surface area contributed by atoms with Gasteiger partial charge < -0.3 is 5.32 Å². The molecule has 1 fully saturated rings. The van der Waals surface area contributed by atoms with Gasteiger partial charge in [-0.1, -0.05) is 24.1 Å². The predicted octanol–water partition coefficient (Wildman–Crippen LogP) is 2.30. The molecule has 0 bridgehead atoms. The minimum absolute atomic E-state index is 0.326. The minimum atomic E-state index is -3.40. The molecule has 0 aromatic heterocycles. The van der Waals surface area contributed by atoms with Gasteiger partial charge in [-0.05, 0) is 50.4 Å². The fraction of sp³-hybridized carbons (Fsp3) is 0.625. The smallest absolute Gasteiger partial charge is 0.240 e. The second-order valence-corrected chi connectivity index (χ2v) is 8.84. The Balaban J connectivity index is 1.77. The van der Waals surface area contributed by atoms with Crippen LogP contribution < -0.4 is 10.0 Å². The van der Waals surface area contributed by atoms with Crippen molar-refractivity contribution in [2.24, 2.45) is 5.92 Å². The van der Waals surface area contributed by atoms with Gasteiger partial charge in [-0.15, -0.1) is 9.24 Å². The van der Waals surface area contributed by atoms with E-state index in [9.17, 15) is 8.42 Å². The standard InChI is InChI=1S/C16H27N2O2PS/c1-12-6-8-14(9-7-12)22(19,20)18-11-10-17-13(2)15-4-3-5-16(15)21/h6-9,13,15-18H,3-5,10-11,21H2,1-2H3/t13-,15?,16?/m1/s1. The van der Waals surface area contributed by atoms with E-state index in [-0.39, 0.29) is 0 Å². The molecular formula is C16H27N2O2PS. The van der Waals surface area contributed by atoms with Crippen molar-refractivity contribution in [1.29, 1.82) is 0 Å². The van der Waals surface area contributed by atoms with E-state index in [1.807, 2.05) is 19.1 Å². The summed E-state index contributed by atoms with van der Waals surface area (Å²) in [6.45, 7) is 5.20. The summed E-state index contributed by atoms with van der Waals surface area (Å²) >= 11 is 0. The van der Waals surface area contributed by atoms with E-state index in [1.165, 1.54) is 19.3 Å². The number of hydrogen-bond donors (Lipinski definition) is 2. The molecule has 6 heteroatoms. The molecule has 3 unspecified atom stereocenters. The number of aryl methyl sites for hydroxylation is 1. The summed E-state index contributed by atoms with van der Waals surface area (Å²) in [5.41, 5.74) is 1.74. The first-order valence-corrected chi connectivity index (χ1v) is 10.1. The maximum atomic E-state index is 12.2. The molecular weight excluding hydrogens is 315 g/mol. The van der Waals surface area contributed by atoms with Crippen LogP contribution >= 0.6 is 9.24 Å². The van der Waals surface area contributed by atoms with Gasteiger partial charge in [0.05, 0.1) is 4.90 Å². The zero-order chi connectivity index (χ0) is 16.2. The third-order valence-electron chi connectivity index (χ3n) is 4.48. The Morgan fingerprint density at radius 1 is 1.23 bits per heavy atom. The summed E-state index contributed by atoms with van der Waals surface area (Å²) < 4.78 is 27.0. The van der Waals surface area contributed by atoms with Crippen molar-refractivity contribution in [3.05, 3.63) is 29.8 Å². The third-order valence-corrected chi connectivity index (χ3v) is 6.79. The highest BCUT2D eigenvalue weighted by Crippen LogP contribution is 2.33. The molecule has 0 spiro atoms. The van der Waals surface area contributed by atoms with Crippen molar-refractivity contribution in [2.75, 3.05) is 13.1 Å². The van der Waals surface area contributed by atoms with Crippen LogP contribution in [0.2, 0.25) is 0 Å². The Bertz CT molecular complexity index is 574. The molecule has 2 rings (SSSR count). The van der Waals surface area contributed by atoms with Crippen molar-refractivity contribution in [3.8, 4) is 0 Å². The number of hydrogen-bond acceptors (Lipinski definition) is 3. The highest BCUT2D eigenvalue weighted by atomic mass is 32.2. The van der Waals surface area contributed by atoms with Crippen molar-refractivity contribution in [2.45, 2.75) is 49.7 Å². The summed E-state index contributed by atoms with van der Waals surface area (Å²) in [4.78, 5) is 0.326. The van der Waals surface area contributed by atoms with Gasteiger partial charge in [-0.3, -0.25) is 0 Å². The summed E-state index contributed by atoms with van der Waals surface area (Å²) in [6, 6.07) is 7.34. The number of sulfonamides is 1. The molecule has 2 N–H and O–H groups in total. The molecule has 22 heavy (non-hydrogen) atoms. The minimum Gasteiger partial charge on any atom is -0.313 e. The molecule has 0 amide bonds. The van der Waals surface area contributed by atoms with E-state index in [4.69, 9.17) is 0 Å². The first-order chi connectivity index (χ1) is 10.4. The zero-order valence-electron chi connectivity index (χ0n) is 13.4. The van der Waals surface area contributed by atoms with Crippen molar-refractivity contribution in [1.82, 2.24) is 10.0 Å². The van der Waals surface area contributed by atoms with Gasteiger partial charge in [0, 0.05) is 19.1 Å². The van der Waals surface area contributed by atoms with Crippen LogP contribution in [-0.4, -0.2) is 33.2 Å². The molecule has 0 radical (unpaired) electrons. The SMILES string of the molecule is Cc1ccc(S(=O)(=O)NCCN[C@H](C)C2CCCC2P)cc1. The molecule has 0 saturated heterocycles. The van der Waals surface area contributed by atoms with E-state index in [1.54, 1.807) is 12.1 Å². The monoisotopic (exact) mass is 342 g/mol. The highest BCUT2D eigenvalue weighted by Gasteiger charge is 2.28. The van der Waals surface area contributed by atoms with Crippen LogP contribution in [-0.2, 0) is 10.0 Å². The van der Waals surface area contributed by atoms with Crippen LogP contribution in [0.5, 0.6) is 0 Å². The van der Waals surface area contributed by atoms with Gasteiger partial charge in [0.15, 0.2) is 0 Å². The second kappa shape index (κ2) is 7.87. The lowest BCUT2D eigenvalue weighted by molar-refractivity contribution is 0.390. The molecule has 1 aliphatic rings. The van der Waals surface area contributed by atoms with Crippen LogP contribution in [0, 0.1) is 12.8 Å². The van der Waals surface area contributed by atoms with E-state index < -0.39 is 10.0 Å². The fourth-order valence-corrected chi connectivity index (χ4v) is 4.87. The third kappa shape index (κ3) is 4.76. The molecule has 0 heterocycles. The highest BCUT2D eigenvalue weighted by molar-refractivity contribution is 7.89. The summed E-state index contributed by atoms with van der Waals surface area (Å²) in [5.74, 6) is 0.679. The van der Waals surface area contributed by atoms with E-state index in [0.29, 0.717) is 35.6 Å². The first kappa shape index (κ1) is 17.9. The summed E-state index contributed by atoms with van der Waals surface area (Å²) in [6.07, 6.45) is 3.84. The lowest BCUT2D eigenvalue weighted by Gasteiger charge is -2.24. The van der Waals surface area contributed by atoms with Crippen molar-refractivity contribution < 1.29 is 8.42 Å². The topological polar surface area (TPSA) is 58.2 Å². The van der Waals surface area contributed by atoms with Gasteiger partial charge >= 0.3 is 0 Å². The molecule has 1 aromatic carbocycles. The average molecular weight is 342 g/mol. The Labute approximate surface area is 136 Å². The van der Waals surface area contributed by atoms with Gasteiger partial charge in [0.2, 0.25) is 10.0 Å². The number of rotatable bonds is 7. The molecule has 124 valence electrons. The molecule has 1 saturated carbocycles. The Morgan fingerprint density at radius 3 is 2.50 bits per heavy atom. The quantitative estimate of drug-likeness (QED) is 0.590. The molecule has 1 aromatic rings. The zero-order valence-corrected chi connectivity index (χ0v) is 15.4. The number of benzene rings is 1.